The Morgan fingerprint density at radius 3 is 2.64 bits per heavy atom. The zero-order chi connectivity index (χ0) is 17.6. The molecule has 1 amide bonds. The van der Waals surface area contributed by atoms with E-state index in [-0.39, 0.29) is 11.9 Å². The lowest BCUT2D eigenvalue weighted by atomic mass is 10.1. The van der Waals surface area contributed by atoms with E-state index < -0.39 is 0 Å². The van der Waals surface area contributed by atoms with Crippen LogP contribution in [0.5, 0.6) is 0 Å². The van der Waals surface area contributed by atoms with Crippen molar-refractivity contribution in [1.29, 1.82) is 0 Å². The summed E-state index contributed by atoms with van der Waals surface area (Å²) in [7, 11) is 0. The van der Waals surface area contributed by atoms with E-state index in [1.165, 1.54) is 12.5 Å². The lowest BCUT2D eigenvalue weighted by molar-refractivity contribution is -0.114. The van der Waals surface area contributed by atoms with Gasteiger partial charge in [0.25, 0.3) is 0 Å². The fourth-order valence-electron chi connectivity index (χ4n) is 2.67. The van der Waals surface area contributed by atoms with Crippen molar-refractivity contribution < 1.29 is 4.79 Å². The summed E-state index contributed by atoms with van der Waals surface area (Å²) < 4.78 is 1.84. The van der Waals surface area contributed by atoms with Crippen LogP contribution in [-0.4, -0.2) is 15.7 Å². The lowest BCUT2D eigenvalue weighted by Gasteiger charge is -2.16. The topological polar surface area (TPSA) is 59.0 Å². The maximum absolute atomic E-state index is 11.2. The number of carbonyl (C=O) groups excluding carboxylic acids is 1. The summed E-state index contributed by atoms with van der Waals surface area (Å²) in [6.45, 7) is 4.40. The molecule has 0 saturated carbocycles. The van der Waals surface area contributed by atoms with Gasteiger partial charge < -0.3 is 10.6 Å². The molecule has 128 valence electrons. The number of hydrogen-bond donors (Lipinski definition) is 2. The van der Waals surface area contributed by atoms with Gasteiger partial charge in [0.05, 0.1) is 5.69 Å². The van der Waals surface area contributed by atoms with Gasteiger partial charge in [-0.2, -0.15) is 5.10 Å². The van der Waals surface area contributed by atoms with E-state index in [1.807, 2.05) is 35.1 Å². The Kier molecular flexibility index (Phi) is 5.26. The summed E-state index contributed by atoms with van der Waals surface area (Å²) in [5.74, 6) is -0.0602. The molecule has 0 aliphatic carbocycles. The molecule has 5 heteroatoms. The minimum Gasteiger partial charge on any atom is -0.326 e. The van der Waals surface area contributed by atoms with Crippen LogP contribution in [0.4, 0.5) is 5.69 Å². The highest BCUT2D eigenvalue weighted by atomic mass is 16.1. The van der Waals surface area contributed by atoms with Gasteiger partial charge in [-0.15, -0.1) is 0 Å². The van der Waals surface area contributed by atoms with E-state index in [1.54, 1.807) is 6.20 Å². The average molecular weight is 334 g/mol. The number of rotatable bonds is 6. The second-order valence-corrected chi connectivity index (χ2v) is 6.03. The first-order valence-corrected chi connectivity index (χ1v) is 8.32. The Bertz CT molecular complexity index is 825. The van der Waals surface area contributed by atoms with Crippen LogP contribution in [0.3, 0.4) is 0 Å². The standard InChI is InChI=1S/C20H22N4O/c1-15(18-5-3-6-19(13-18)23-16(2)25)21-14-17-7-9-20(10-8-17)24-12-4-11-22-24/h3-13,15,21H,14H2,1-2H3,(H,23,25)/t15-/m1/s1. The summed E-state index contributed by atoms with van der Waals surface area (Å²) in [5, 5.41) is 10.6. The van der Waals surface area contributed by atoms with E-state index in [4.69, 9.17) is 0 Å². The molecule has 2 aromatic carbocycles. The fraction of sp³-hybridized carbons (Fsp3) is 0.200. The zero-order valence-electron chi connectivity index (χ0n) is 14.4. The van der Waals surface area contributed by atoms with Crippen molar-refractivity contribution >= 4 is 11.6 Å². The Morgan fingerprint density at radius 1 is 1.16 bits per heavy atom. The van der Waals surface area contributed by atoms with Crippen molar-refractivity contribution in [2.45, 2.75) is 26.4 Å². The number of carbonyl (C=O) groups is 1. The van der Waals surface area contributed by atoms with Gasteiger partial charge in [0, 0.05) is 37.6 Å². The molecule has 25 heavy (non-hydrogen) atoms. The molecule has 1 aromatic heterocycles. The van der Waals surface area contributed by atoms with Crippen molar-refractivity contribution in [3.05, 3.63) is 78.1 Å². The first-order chi connectivity index (χ1) is 12.1. The summed E-state index contributed by atoms with van der Waals surface area (Å²) in [4.78, 5) is 11.2. The number of anilines is 1. The molecule has 3 aromatic rings. The van der Waals surface area contributed by atoms with Crippen LogP contribution in [-0.2, 0) is 11.3 Å². The van der Waals surface area contributed by atoms with Gasteiger partial charge in [-0.25, -0.2) is 4.68 Å². The van der Waals surface area contributed by atoms with Gasteiger partial charge >= 0.3 is 0 Å². The normalized spacial score (nSPS) is 11.9. The molecule has 0 aliphatic rings. The van der Waals surface area contributed by atoms with Crippen molar-refractivity contribution in [2.75, 3.05) is 5.32 Å². The van der Waals surface area contributed by atoms with Gasteiger partial charge in [0.1, 0.15) is 0 Å². The van der Waals surface area contributed by atoms with Crippen LogP contribution in [0.1, 0.15) is 31.0 Å². The first kappa shape index (κ1) is 16.9. The molecule has 0 aliphatic heterocycles. The predicted molar refractivity (Wildman–Crippen MR) is 99.6 cm³/mol. The predicted octanol–water partition coefficient (Wildman–Crippen LogP) is 3.68. The third-order valence-corrected chi connectivity index (χ3v) is 4.02. The van der Waals surface area contributed by atoms with E-state index in [0.717, 1.165) is 23.5 Å². The number of nitrogens with one attached hydrogen (secondary N) is 2. The Morgan fingerprint density at radius 2 is 1.96 bits per heavy atom. The third-order valence-electron chi connectivity index (χ3n) is 4.02. The van der Waals surface area contributed by atoms with Gasteiger partial charge in [-0.1, -0.05) is 24.3 Å². The molecule has 3 rings (SSSR count). The maximum Gasteiger partial charge on any atom is 0.221 e. The molecular weight excluding hydrogens is 312 g/mol. The molecule has 0 unspecified atom stereocenters. The monoisotopic (exact) mass is 334 g/mol. The van der Waals surface area contributed by atoms with Crippen LogP contribution < -0.4 is 10.6 Å². The SMILES string of the molecule is CC(=O)Nc1cccc([C@@H](C)NCc2ccc(-n3cccn3)cc2)c1. The highest BCUT2D eigenvalue weighted by Crippen LogP contribution is 2.18. The summed E-state index contributed by atoms with van der Waals surface area (Å²) >= 11 is 0. The van der Waals surface area contributed by atoms with E-state index >= 15 is 0 Å². The van der Waals surface area contributed by atoms with Gasteiger partial charge in [-0.3, -0.25) is 4.79 Å². The van der Waals surface area contributed by atoms with Crippen molar-refractivity contribution in [3.63, 3.8) is 0 Å². The molecule has 2 N–H and O–H groups in total. The number of aromatic nitrogens is 2. The number of nitrogens with zero attached hydrogens (tertiary/aromatic N) is 2. The average Bonchev–Trinajstić information content (AvgIpc) is 3.14. The summed E-state index contributed by atoms with van der Waals surface area (Å²) in [5.41, 5.74) is 4.22. The van der Waals surface area contributed by atoms with Crippen molar-refractivity contribution in [2.24, 2.45) is 0 Å². The largest absolute Gasteiger partial charge is 0.326 e. The van der Waals surface area contributed by atoms with Crippen LogP contribution in [0.25, 0.3) is 5.69 Å². The molecule has 1 heterocycles. The zero-order valence-corrected chi connectivity index (χ0v) is 14.4. The van der Waals surface area contributed by atoms with Gasteiger partial charge in [0.15, 0.2) is 0 Å². The van der Waals surface area contributed by atoms with E-state index in [0.29, 0.717) is 0 Å². The van der Waals surface area contributed by atoms with Gasteiger partial charge in [-0.05, 0) is 48.4 Å². The lowest BCUT2D eigenvalue weighted by Crippen LogP contribution is -2.18. The summed E-state index contributed by atoms with van der Waals surface area (Å²) in [6.07, 6.45) is 3.70. The van der Waals surface area contributed by atoms with E-state index in [2.05, 4.69) is 53.0 Å². The molecule has 0 saturated heterocycles. The second kappa shape index (κ2) is 7.77. The van der Waals surface area contributed by atoms with Crippen molar-refractivity contribution in [1.82, 2.24) is 15.1 Å². The van der Waals surface area contributed by atoms with Gasteiger partial charge in [0.2, 0.25) is 5.91 Å². The highest BCUT2D eigenvalue weighted by molar-refractivity contribution is 5.88. The third kappa shape index (κ3) is 4.55. The highest BCUT2D eigenvalue weighted by Gasteiger charge is 2.06. The molecule has 0 radical (unpaired) electrons. The Labute approximate surface area is 147 Å². The second-order valence-electron chi connectivity index (χ2n) is 6.03. The number of hydrogen-bond acceptors (Lipinski definition) is 3. The fourth-order valence-corrected chi connectivity index (χ4v) is 2.67. The number of benzene rings is 2. The summed E-state index contributed by atoms with van der Waals surface area (Å²) in [6, 6.07) is 18.3. The first-order valence-electron chi connectivity index (χ1n) is 8.32. The number of amides is 1. The molecule has 0 spiro atoms. The van der Waals surface area contributed by atoms with Crippen molar-refractivity contribution in [3.8, 4) is 5.69 Å². The Balaban J connectivity index is 1.60. The Hall–Kier alpha value is -2.92. The minimum absolute atomic E-state index is 0.0602. The maximum atomic E-state index is 11.2. The molecular formula is C20H22N4O. The molecule has 1 atom stereocenters. The van der Waals surface area contributed by atoms with Crippen LogP contribution in [0, 0.1) is 0 Å². The van der Waals surface area contributed by atoms with Crippen LogP contribution in [0.15, 0.2) is 67.0 Å². The molecule has 5 nitrogen and oxygen atoms in total. The molecule has 0 fully saturated rings. The van der Waals surface area contributed by atoms with E-state index in [9.17, 15) is 4.79 Å². The minimum atomic E-state index is -0.0602. The van der Waals surface area contributed by atoms with Crippen LogP contribution >= 0.6 is 0 Å². The van der Waals surface area contributed by atoms with Crippen LogP contribution in [0.2, 0.25) is 0 Å². The quantitative estimate of drug-likeness (QED) is 0.723. The smallest absolute Gasteiger partial charge is 0.221 e. The molecule has 0 bridgehead atoms.